The highest BCUT2D eigenvalue weighted by Gasteiger charge is 2.26. The van der Waals surface area contributed by atoms with Gasteiger partial charge in [0.25, 0.3) is 0 Å². The molecular weight excluding hydrogens is 274 g/mol. The van der Waals surface area contributed by atoms with Crippen LogP contribution in [-0.4, -0.2) is 15.9 Å². The summed E-state index contributed by atoms with van der Waals surface area (Å²) in [4.78, 5) is 20.0. The maximum absolute atomic E-state index is 12.2. The molecule has 1 fully saturated rings. The van der Waals surface area contributed by atoms with Crippen LogP contribution in [0.25, 0.3) is 0 Å². The van der Waals surface area contributed by atoms with Gasteiger partial charge in [-0.05, 0) is 49.3 Å². The summed E-state index contributed by atoms with van der Waals surface area (Å²) in [6.45, 7) is 2.23. The first-order valence-corrected chi connectivity index (χ1v) is 7.86. The molecule has 1 saturated carbocycles. The predicted octanol–water partition coefficient (Wildman–Crippen LogP) is 4.07. The average molecular weight is 296 g/mol. The van der Waals surface area contributed by atoms with Gasteiger partial charge in [-0.15, -0.1) is 0 Å². The number of aromatic nitrogens is 2. The van der Waals surface area contributed by atoms with Crippen molar-refractivity contribution in [3.63, 3.8) is 0 Å². The molecule has 0 aromatic carbocycles. The van der Waals surface area contributed by atoms with Crippen molar-refractivity contribution in [2.45, 2.75) is 51.9 Å². The Labute approximate surface area is 125 Å². The third-order valence-corrected chi connectivity index (χ3v) is 4.24. The first-order valence-electron chi connectivity index (χ1n) is 7.48. The van der Waals surface area contributed by atoms with Crippen molar-refractivity contribution in [2.24, 2.45) is 11.8 Å². The summed E-state index contributed by atoms with van der Waals surface area (Å²) >= 11 is 5.71. The van der Waals surface area contributed by atoms with E-state index in [9.17, 15) is 4.79 Å². The van der Waals surface area contributed by atoms with Crippen LogP contribution in [0.5, 0.6) is 0 Å². The third kappa shape index (κ3) is 4.44. The zero-order valence-corrected chi connectivity index (χ0v) is 12.7. The number of nitrogens with one attached hydrogen (secondary N) is 1. The fourth-order valence-electron chi connectivity index (χ4n) is 2.84. The second-order valence-corrected chi connectivity index (χ2v) is 5.90. The summed E-state index contributed by atoms with van der Waals surface area (Å²) in [5.41, 5.74) is 0. The van der Waals surface area contributed by atoms with E-state index in [1.54, 1.807) is 12.3 Å². The van der Waals surface area contributed by atoms with Crippen molar-refractivity contribution >= 4 is 23.3 Å². The van der Waals surface area contributed by atoms with E-state index >= 15 is 0 Å². The lowest BCUT2D eigenvalue weighted by Crippen LogP contribution is -2.27. The van der Waals surface area contributed by atoms with E-state index in [4.69, 9.17) is 11.6 Å². The largest absolute Gasteiger partial charge is 0.310 e. The molecule has 20 heavy (non-hydrogen) atoms. The Morgan fingerprint density at radius 2 is 2.15 bits per heavy atom. The number of hydrogen-bond donors (Lipinski definition) is 1. The van der Waals surface area contributed by atoms with Gasteiger partial charge in [-0.25, -0.2) is 9.97 Å². The second kappa shape index (κ2) is 7.58. The number of amides is 1. The maximum Gasteiger partial charge on any atom is 0.228 e. The summed E-state index contributed by atoms with van der Waals surface area (Å²) in [5.74, 6) is 1.48. The van der Waals surface area contributed by atoms with Crippen molar-refractivity contribution in [1.82, 2.24) is 9.97 Å². The molecule has 1 aliphatic carbocycles. The molecule has 1 amide bonds. The van der Waals surface area contributed by atoms with Crippen molar-refractivity contribution in [1.29, 1.82) is 0 Å². The first kappa shape index (κ1) is 15.2. The molecule has 110 valence electrons. The molecule has 1 aliphatic rings. The molecule has 4 nitrogen and oxygen atoms in total. The van der Waals surface area contributed by atoms with Crippen molar-refractivity contribution in [2.75, 3.05) is 5.32 Å². The number of nitrogens with zero attached hydrogens (tertiary/aromatic N) is 2. The Bertz CT molecular complexity index is 444. The van der Waals surface area contributed by atoms with Gasteiger partial charge in [0.1, 0.15) is 5.82 Å². The van der Waals surface area contributed by atoms with Gasteiger partial charge in [-0.2, -0.15) is 0 Å². The molecule has 2 rings (SSSR count). The topological polar surface area (TPSA) is 54.9 Å². The number of unbranched alkanes of at least 4 members (excludes halogenated alkanes) is 1. The van der Waals surface area contributed by atoms with Crippen LogP contribution < -0.4 is 5.32 Å². The molecule has 1 aromatic heterocycles. The lowest BCUT2D eigenvalue weighted by molar-refractivity contribution is -0.121. The van der Waals surface area contributed by atoms with Crippen LogP contribution in [0.15, 0.2) is 12.3 Å². The molecule has 1 aromatic rings. The number of halogens is 1. The lowest BCUT2D eigenvalue weighted by atomic mass is 9.79. The van der Waals surface area contributed by atoms with Gasteiger partial charge in [0.2, 0.25) is 11.2 Å². The van der Waals surface area contributed by atoms with Gasteiger partial charge < -0.3 is 5.32 Å². The van der Waals surface area contributed by atoms with E-state index < -0.39 is 0 Å². The normalized spacial score (nSPS) is 22.5. The van der Waals surface area contributed by atoms with Gasteiger partial charge >= 0.3 is 0 Å². The minimum atomic E-state index is 0.0636. The summed E-state index contributed by atoms with van der Waals surface area (Å²) in [7, 11) is 0. The summed E-state index contributed by atoms with van der Waals surface area (Å²) in [6, 6.07) is 1.66. The maximum atomic E-state index is 12.2. The highest BCUT2D eigenvalue weighted by atomic mass is 35.5. The van der Waals surface area contributed by atoms with Crippen LogP contribution in [0.2, 0.25) is 5.28 Å². The van der Waals surface area contributed by atoms with E-state index in [0.29, 0.717) is 5.82 Å². The van der Waals surface area contributed by atoms with Crippen LogP contribution in [0.4, 0.5) is 5.82 Å². The molecule has 1 heterocycles. The molecule has 0 aliphatic heterocycles. The highest BCUT2D eigenvalue weighted by Crippen LogP contribution is 2.32. The van der Waals surface area contributed by atoms with E-state index in [1.807, 2.05) is 0 Å². The highest BCUT2D eigenvalue weighted by molar-refractivity contribution is 6.28. The summed E-state index contributed by atoms with van der Waals surface area (Å²) < 4.78 is 0. The number of anilines is 1. The Kier molecular flexibility index (Phi) is 5.77. The van der Waals surface area contributed by atoms with Gasteiger partial charge in [0.15, 0.2) is 0 Å². The Morgan fingerprint density at radius 3 is 2.80 bits per heavy atom. The predicted molar refractivity (Wildman–Crippen MR) is 80.6 cm³/mol. The second-order valence-electron chi connectivity index (χ2n) is 5.56. The van der Waals surface area contributed by atoms with Crippen molar-refractivity contribution < 1.29 is 4.79 Å². The Morgan fingerprint density at radius 1 is 1.40 bits per heavy atom. The fourth-order valence-corrected chi connectivity index (χ4v) is 2.99. The summed E-state index contributed by atoms with van der Waals surface area (Å²) in [6.07, 6.45) is 9.73. The van der Waals surface area contributed by atoms with E-state index in [0.717, 1.165) is 18.8 Å². The molecule has 0 bridgehead atoms. The minimum Gasteiger partial charge on any atom is -0.310 e. The Hall–Kier alpha value is -1.16. The van der Waals surface area contributed by atoms with Crippen LogP contribution >= 0.6 is 11.6 Å². The standard InChI is InChI=1S/C15H22ClN3O/c1-2-3-4-11-5-7-12(8-6-11)14(20)18-13-9-10-17-15(16)19-13/h9-12H,2-8H2,1H3,(H,17,18,19,20). The van der Waals surface area contributed by atoms with Crippen LogP contribution in [0.3, 0.4) is 0 Å². The SMILES string of the molecule is CCCCC1CCC(C(=O)Nc2ccnc(Cl)n2)CC1. The van der Waals surface area contributed by atoms with Gasteiger partial charge in [0, 0.05) is 12.1 Å². The molecule has 0 saturated heterocycles. The third-order valence-electron chi connectivity index (χ3n) is 4.06. The van der Waals surface area contributed by atoms with Crippen LogP contribution in [0, 0.1) is 11.8 Å². The quantitative estimate of drug-likeness (QED) is 0.833. The summed E-state index contributed by atoms with van der Waals surface area (Å²) in [5, 5.41) is 2.99. The van der Waals surface area contributed by atoms with Gasteiger partial charge in [0.05, 0.1) is 0 Å². The number of hydrogen-bond acceptors (Lipinski definition) is 3. The molecule has 0 unspecified atom stereocenters. The molecule has 0 radical (unpaired) electrons. The smallest absolute Gasteiger partial charge is 0.228 e. The molecule has 5 heteroatoms. The average Bonchev–Trinajstić information content (AvgIpc) is 2.45. The zero-order chi connectivity index (χ0) is 14.4. The van der Waals surface area contributed by atoms with Crippen LogP contribution in [-0.2, 0) is 4.79 Å². The van der Waals surface area contributed by atoms with Gasteiger partial charge in [-0.3, -0.25) is 4.79 Å². The van der Waals surface area contributed by atoms with Gasteiger partial charge in [-0.1, -0.05) is 26.2 Å². The Balaban J connectivity index is 1.80. The fraction of sp³-hybridized carbons (Fsp3) is 0.667. The molecular formula is C15H22ClN3O. The van der Waals surface area contributed by atoms with E-state index in [1.165, 1.54) is 32.1 Å². The van der Waals surface area contributed by atoms with Crippen molar-refractivity contribution in [3.05, 3.63) is 17.5 Å². The van der Waals surface area contributed by atoms with Crippen LogP contribution in [0.1, 0.15) is 51.9 Å². The molecule has 0 spiro atoms. The first-order chi connectivity index (χ1) is 9.69. The molecule has 0 atom stereocenters. The lowest BCUT2D eigenvalue weighted by Gasteiger charge is -2.27. The van der Waals surface area contributed by atoms with E-state index in [-0.39, 0.29) is 17.1 Å². The molecule has 1 N–H and O–H groups in total. The number of carbonyl (C=O) groups is 1. The monoisotopic (exact) mass is 295 g/mol. The number of rotatable bonds is 5. The zero-order valence-electron chi connectivity index (χ0n) is 11.9. The van der Waals surface area contributed by atoms with E-state index in [2.05, 4.69) is 22.2 Å². The van der Waals surface area contributed by atoms with Crippen molar-refractivity contribution in [3.8, 4) is 0 Å². The number of carbonyl (C=O) groups excluding carboxylic acids is 1. The minimum absolute atomic E-state index is 0.0636.